The molecule has 104 valence electrons. The van der Waals surface area contributed by atoms with Crippen LogP contribution in [0.3, 0.4) is 0 Å². The van der Waals surface area contributed by atoms with Crippen molar-refractivity contribution in [3.8, 4) is 0 Å². The zero-order valence-corrected chi connectivity index (χ0v) is 12.3. The maximum Gasteiger partial charge on any atom is 0.326 e. The summed E-state index contributed by atoms with van der Waals surface area (Å²) in [6.07, 6.45) is 0.391. The summed E-state index contributed by atoms with van der Waals surface area (Å²) in [7, 11) is 0. The second-order valence-corrected chi connectivity index (χ2v) is 5.84. The van der Waals surface area contributed by atoms with Crippen LogP contribution in [0.15, 0.2) is 30.3 Å². The molecule has 0 fully saturated rings. The first-order chi connectivity index (χ1) is 8.78. The molecule has 0 radical (unpaired) electrons. The Kier molecular flexibility index (Phi) is 5.30. The van der Waals surface area contributed by atoms with E-state index >= 15 is 0 Å². The van der Waals surface area contributed by atoms with Gasteiger partial charge >= 0.3 is 5.97 Å². The SMILES string of the molecule is CC(C)(C)NC(=S)NC(Cc1ccccc1)C(=O)O. The number of hydrogen-bond donors (Lipinski definition) is 3. The molecule has 0 aromatic heterocycles. The molecular weight excluding hydrogens is 260 g/mol. The van der Waals surface area contributed by atoms with Gasteiger partial charge < -0.3 is 15.7 Å². The van der Waals surface area contributed by atoms with Crippen LogP contribution in [0.25, 0.3) is 0 Å². The highest BCUT2D eigenvalue weighted by atomic mass is 32.1. The number of nitrogens with one attached hydrogen (secondary N) is 2. The summed E-state index contributed by atoms with van der Waals surface area (Å²) in [5, 5.41) is 15.5. The van der Waals surface area contributed by atoms with E-state index in [4.69, 9.17) is 12.2 Å². The minimum Gasteiger partial charge on any atom is -0.480 e. The molecule has 1 atom stereocenters. The quantitative estimate of drug-likeness (QED) is 0.736. The number of aliphatic carboxylic acids is 1. The van der Waals surface area contributed by atoms with Gasteiger partial charge in [0.15, 0.2) is 5.11 Å². The first-order valence-corrected chi connectivity index (χ1v) is 6.54. The monoisotopic (exact) mass is 280 g/mol. The lowest BCUT2D eigenvalue weighted by Gasteiger charge is -2.25. The van der Waals surface area contributed by atoms with E-state index in [9.17, 15) is 9.90 Å². The van der Waals surface area contributed by atoms with Crippen molar-refractivity contribution in [1.29, 1.82) is 0 Å². The number of benzene rings is 1. The standard InChI is InChI=1S/C14H20N2O2S/c1-14(2,3)16-13(19)15-11(12(17)18)9-10-7-5-4-6-8-10/h4-8,11H,9H2,1-3H3,(H,17,18)(H2,15,16,19). The largest absolute Gasteiger partial charge is 0.480 e. The molecule has 4 nitrogen and oxygen atoms in total. The molecule has 0 aliphatic rings. The first kappa shape index (κ1) is 15.4. The van der Waals surface area contributed by atoms with Gasteiger partial charge in [-0.3, -0.25) is 0 Å². The van der Waals surface area contributed by atoms with E-state index in [-0.39, 0.29) is 5.54 Å². The van der Waals surface area contributed by atoms with Gasteiger partial charge in [-0.05, 0) is 38.6 Å². The lowest BCUT2D eigenvalue weighted by molar-refractivity contribution is -0.139. The fourth-order valence-electron chi connectivity index (χ4n) is 1.58. The van der Waals surface area contributed by atoms with Crippen LogP contribution in [0.2, 0.25) is 0 Å². The Balaban J connectivity index is 2.64. The van der Waals surface area contributed by atoms with Gasteiger partial charge in [0.25, 0.3) is 0 Å². The van der Waals surface area contributed by atoms with Gasteiger partial charge in [0.1, 0.15) is 6.04 Å². The van der Waals surface area contributed by atoms with Gasteiger partial charge in [-0.2, -0.15) is 0 Å². The topological polar surface area (TPSA) is 61.4 Å². The molecule has 0 saturated carbocycles. The summed E-state index contributed by atoms with van der Waals surface area (Å²) in [5.74, 6) is -0.915. The van der Waals surface area contributed by atoms with E-state index in [0.717, 1.165) is 5.56 Å². The Morgan fingerprint density at radius 3 is 2.37 bits per heavy atom. The molecule has 0 aliphatic heterocycles. The van der Waals surface area contributed by atoms with Crippen molar-refractivity contribution < 1.29 is 9.90 Å². The summed E-state index contributed by atoms with van der Waals surface area (Å²) in [6.45, 7) is 5.90. The van der Waals surface area contributed by atoms with Gasteiger partial charge in [-0.25, -0.2) is 4.79 Å². The van der Waals surface area contributed by atoms with Crippen molar-refractivity contribution in [2.45, 2.75) is 38.8 Å². The Morgan fingerprint density at radius 1 is 1.32 bits per heavy atom. The summed E-state index contributed by atoms with van der Waals surface area (Å²) in [4.78, 5) is 11.3. The van der Waals surface area contributed by atoms with Crippen LogP contribution < -0.4 is 10.6 Å². The summed E-state index contributed by atoms with van der Waals surface area (Å²) in [6, 6.07) is 8.75. The van der Waals surface area contributed by atoms with Gasteiger partial charge in [0, 0.05) is 12.0 Å². The van der Waals surface area contributed by atoms with Crippen LogP contribution in [0.5, 0.6) is 0 Å². The molecule has 0 aliphatic carbocycles. The predicted molar refractivity (Wildman–Crippen MR) is 80.2 cm³/mol. The van der Waals surface area contributed by atoms with Gasteiger partial charge in [-0.15, -0.1) is 0 Å². The second-order valence-electron chi connectivity index (χ2n) is 5.43. The molecule has 1 aromatic carbocycles. The van der Waals surface area contributed by atoms with Crippen LogP contribution in [0.4, 0.5) is 0 Å². The number of hydrogen-bond acceptors (Lipinski definition) is 2. The molecule has 5 heteroatoms. The van der Waals surface area contributed by atoms with E-state index in [1.807, 2.05) is 51.1 Å². The molecular formula is C14H20N2O2S. The predicted octanol–water partition coefficient (Wildman–Crippen LogP) is 1.94. The molecule has 1 aromatic rings. The Labute approximate surface area is 119 Å². The number of thiocarbonyl (C=S) groups is 1. The molecule has 1 rings (SSSR count). The molecule has 0 saturated heterocycles. The second kappa shape index (κ2) is 6.52. The Bertz CT molecular complexity index is 441. The summed E-state index contributed by atoms with van der Waals surface area (Å²) < 4.78 is 0. The molecule has 0 amide bonds. The lowest BCUT2D eigenvalue weighted by Crippen LogP contribution is -2.52. The van der Waals surface area contributed by atoms with Crippen molar-refractivity contribution in [2.24, 2.45) is 0 Å². The van der Waals surface area contributed by atoms with Crippen LogP contribution >= 0.6 is 12.2 Å². The average Bonchev–Trinajstić information content (AvgIpc) is 2.26. The third-order valence-corrected chi connectivity index (χ3v) is 2.59. The van der Waals surface area contributed by atoms with E-state index in [2.05, 4.69) is 10.6 Å². The number of carboxylic acid groups (broad SMARTS) is 1. The molecule has 1 unspecified atom stereocenters. The first-order valence-electron chi connectivity index (χ1n) is 6.13. The maximum absolute atomic E-state index is 11.3. The van der Waals surface area contributed by atoms with Crippen molar-refractivity contribution in [2.75, 3.05) is 0 Å². The number of carboxylic acids is 1. The average molecular weight is 280 g/mol. The normalized spacial score (nSPS) is 12.6. The van der Waals surface area contributed by atoms with Crippen molar-refractivity contribution in [3.05, 3.63) is 35.9 Å². The van der Waals surface area contributed by atoms with E-state index < -0.39 is 12.0 Å². The number of carbonyl (C=O) groups is 1. The fourth-order valence-corrected chi connectivity index (χ4v) is 2.03. The zero-order valence-electron chi connectivity index (χ0n) is 11.4. The van der Waals surface area contributed by atoms with Gasteiger partial charge in [0.2, 0.25) is 0 Å². The van der Waals surface area contributed by atoms with E-state index in [1.54, 1.807) is 0 Å². The van der Waals surface area contributed by atoms with Crippen LogP contribution in [-0.2, 0) is 11.2 Å². The molecule has 0 spiro atoms. The minimum atomic E-state index is -0.915. The summed E-state index contributed by atoms with van der Waals surface area (Å²) >= 11 is 5.13. The third kappa shape index (κ3) is 6.20. The highest BCUT2D eigenvalue weighted by Gasteiger charge is 2.20. The number of rotatable bonds is 4. The van der Waals surface area contributed by atoms with Crippen LogP contribution in [0.1, 0.15) is 26.3 Å². The Morgan fingerprint density at radius 2 is 1.89 bits per heavy atom. The van der Waals surface area contributed by atoms with Gasteiger partial charge in [0.05, 0.1) is 0 Å². The fraction of sp³-hybridized carbons (Fsp3) is 0.429. The van der Waals surface area contributed by atoms with Crippen LogP contribution in [-0.4, -0.2) is 27.8 Å². The highest BCUT2D eigenvalue weighted by Crippen LogP contribution is 2.04. The maximum atomic E-state index is 11.3. The van der Waals surface area contributed by atoms with Crippen molar-refractivity contribution >= 4 is 23.3 Å². The lowest BCUT2D eigenvalue weighted by atomic mass is 10.1. The third-order valence-electron chi connectivity index (χ3n) is 2.37. The highest BCUT2D eigenvalue weighted by molar-refractivity contribution is 7.80. The molecule has 0 bridgehead atoms. The molecule has 0 heterocycles. The molecule has 19 heavy (non-hydrogen) atoms. The molecule has 3 N–H and O–H groups in total. The Hall–Kier alpha value is -1.62. The minimum absolute atomic E-state index is 0.195. The van der Waals surface area contributed by atoms with Gasteiger partial charge in [-0.1, -0.05) is 30.3 Å². The smallest absolute Gasteiger partial charge is 0.326 e. The van der Waals surface area contributed by atoms with Crippen molar-refractivity contribution in [1.82, 2.24) is 10.6 Å². The summed E-state index contributed by atoms with van der Waals surface area (Å²) in [5.41, 5.74) is 0.765. The van der Waals surface area contributed by atoms with E-state index in [1.165, 1.54) is 0 Å². The van der Waals surface area contributed by atoms with Crippen LogP contribution in [0, 0.1) is 0 Å². The van der Waals surface area contributed by atoms with Crippen molar-refractivity contribution in [3.63, 3.8) is 0 Å². The van der Waals surface area contributed by atoms with E-state index in [0.29, 0.717) is 11.5 Å². The zero-order chi connectivity index (χ0) is 14.5.